The second-order valence-electron chi connectivity index (χ2n) is 4.71. The predicted octanol–water partition coefficient (Wildman–Crippen LogP) is 3.18. The molecule has 5 nitrogen and oxygen atoms in total. The lowest BCUT2D eigenvalue weighted by atomic mass is 10.2. The third kappa shape index (κ3) is 5.41. The van der Waals surface area contributed by atoms with Crippen LogP contribution in [0.5, 0.6) is 5.75 Å². The maximum atomic E-state index is 11.8. The summed E-state index contributed by atoms with van der Waals surface area (Å²) >= 11 is 3.36. The molecule has 0 unspecified atom stereocenters. The minimum Gasteiger partial charge on any atom is -0.497 e. The molecule has 0 radical (unpaired) electrons. The van der Waals surface area contributed by atoms with Crippen LogP contribution in [0.3, 0.4) is 0 Å². The first-order chi connectivity index (χ1) is 11.1. The number of esters is 1. The van der Waals surface area contributed by atoms with Gasteiger partial charge in [0.15, 0.2) is 6.61 Å². The van der Waals surface area contributed by atoms with Crippen LogP contribution in [0.15, 0.2) is 53.0 Å². The van der Waals surface area contributed by atoms with Gasteiger partial charge in [0.05, 0.1) is 13.5 Å². The van der Waals surface area contributed by atoms with Crippen molar-refractivity contribution in [1.29, 1.82) is 0 Å². The molecule has 120 valence electrons. The minimum atomic E-state index is -0.457. The van der Waals surface area contributed by atoms with Crippen molar-refractivity contribution >= 4 is 33.5 Å². The summed E-state index contributed by atoms with van der Waals surface area (Å²) in [4.78, 5) is 23.5. The zero-order chi connectivity index (χ0) is 16.7. The molecule has 2 aromatic carbocycles. The topological polar surface area (TPSA) is 64.6 Å². The normalized spacial score (nSPS) is 10.0. The summed E-state index contributed by atoms with van der Waals surface area (Å²) in [7, 11) is 1.57. The lowest BCUT2D eigenvalue weighted by molar-refractivity contribution is -0.146. The fourth-order valence-corrected chi connectivity index (χ4v) is 2.29. The van der Waals surface area contributed by atoms with Crippen LogP contribution in [0.4, 0.5) is 5.69 Å². The van der Waals surface area contributed by atoms with E-state index < -0.39 is 11.9 Å². The van der Waals surface area contributed by atoms with Gasteiger partial charge in [-0.05, 0) is 35.9 Å². The summed E-state index contributed by atoms with van der Waals surface area (Å²) in [6, 6.07) is 14.2. The molecular weight excluding hydrogens is 362 g/mol. The van der Waals surface area contributed by atoms with Gasteiger partial charge in [-0.25, -0.2) is 0 Å². The minimum absolute atomic E-state index is 0.108. The molecular formula is C17H16BrNO4. The number of hydrogen-bond acceptors (Lipinski definition) is 4. The number of nitrogens with one attached hydrogen (secondary N) is 1. The summed E-state index contributed by atoms with van der Waals surface area (Å²) in [6.45, 7) is -0.324. The van der Waals surface area contributed by atoms with E-state index in [2.05, 4.69) is 21.2 Å². The number of halogens is 1. The summed E-state index contributed by atoms with van der Waals surface area (Å²) in [6.07, 6.45) is 0.108. The number of rotatable bonds is 6. The van der Waals surface area contributed by atoms with Crippen LogP contribution >= 0.6 is 15.9 Å². The van der Waals surface area contributed by atoms with Gasteiger partial charge in [-0.1, -0.05) is 34.1 Å². The second kappa shape index (κ2) is 8.33. The van der Waals surface area contributed by atoms with Crippen LogP contribution < -0.4 is 10.1 Å². The van der Waals surface area contributed by atoms with Crippen LogP contribution in [-0.2, 0) is 20.7 Å². The molecule has 0 aliphatic heterocycles. The van der Waals surface area contributed by atoms with Crippen molar-refractivity contribution in [2.45, 2.75) is 6.42 Å². The summed E-state index contributed by atoms with van der Waals surface area (Å²) < 4.78 is 10.8. The Morgan fingerprint density at radius 2 is 1.78 bits per heavy atom. The predicted molar refractivity (Wildman–Crippen MR) is 90.4 cm³/mol. The first kappa shape index (κ1) is 17.0. The quantitative estimate of drug-likeness (QED) is 0.785. The van der Waals surface area contributed by atoms with E-state index in [1.165, 1.54) is 0 Å². The third-order valence-corrected chi connectivity index (χ3v) is 3.80. The van der Waals surface area contributed by atoms with E-state index in [0.29, 0.717) is 11.4 Å². The highest BCUT2D eigenvalue weighted by atomic mass is 79.9. The fourth-order valence-electron chi connectivity index (χ4n) is 1.87. The van der Waals surface area contributed by atoms with Crippen LogP contribution in [0.1, 0.15) is 5.56 Å². The molecule has 1 N–H and O–H groups in total. The Morgan fingerprint density at radius 1 is 1.09 bits per heavy atom. The average molecular weight is 378 g/mol. The molecule has 2 aromatic rings. The molecule has 2 rings (SSSR count). The van der Waals surface area contributed by atoms with Crippen LogP contribution in [-0.4, -0.2) is 25.6 Å². The van der Waals surface area contributed by atoms with Gasteiger partial charge in [0.25, 0.3) is 5.91 Å². The van der Waals surface area contributed by atoms with Crippen molar-refractivity contribution in [3.8, 4) is 5.75 Å². The molecule has 6 heteroatoms. The Bertz CT molecular complexity index is 685. The molecule has 0 aliphatic carbocycles. The van der Waals surface area contributed by atoms with Gasteiger partial charge in [-0.2, -0.15) is 0 Å². The van der Waals surface area contributed by atoms with Gasteiger partial charge in [0, 0.05) is 10.2 Å². The lowest BCUT2D eigenvalue weighted by Gasteiger charge is -2.08. The Hall–Kier alpha value is -2.34. The number of carbonyl (C=O) groups is 2. The zero-order valence-corrected chi connectivity index (χ0v) is 14.1. The van der Waals surface area contributed by atoms with E-state index in [9.17, 15) is 9.59 Å². The molecule has 0 fully saturated rings. The molecule has 23 heavy (non-hydrogen) atoms. The Morgan fingerprint density at radius 3 is 2.43 bits per heavy atom. The Kier molecular flexibility index (Phi) is 6.17. The van der Waals surface area contributed by atoms with Gasteiger partial charge in [-0.3, -0.25) is 9.59 Å². The van der Waals surface area contributed by atoms with Gasteiger partial charge in [-0.15, -0.1) is 0 Å². The van der Waals surface area contributed by atoms with Crippen molar-refractivity contribution in [3.63, 3.8) is 0 Å². The molecule has 0 aliphatic rings. The Balaban J connectivity index is 1.79. The first-order valence-electron chi connectivity index (χ1n) is 6.91. The van der Waals surface area contributed by atoms with Crippen molar-refractivity contribution < 1.29 is 19.1 Å². The van der Waals surface area contributed by atoms with E-state index >= 15 is 0 Å². The molecule has 0 heterocycles. The highest BCUT2D eigenvalue weighted by molar-refractivity contribution is 9.10. The molecule has 1 amide bonds. The number of anilines is 1. The second-order valence-corrected chi connectivity index (χ2v) is 5.56. The SMILES string of the molecule is COc1ccc(NC(=O)COC(=O)Cc2ccccc2Br)cc1. The first-order valence-corrected chi connectivity index (χ1v) is 7.70. The van der Waals surface area contributed by atoms with Crippen molar-refractivity contribution in [1.82, 2.24) is 0 Å². The fraction of sp³-hybridized carbons (Fsp3) is 0.176. The average Bonchev–Trinajstić information content (AvgIpc) is 2.56. The van der Waals surface area contributed by atoms with Crippen LogP contribution in [0.2, 0.25) is 0 Å². The maximum absolute atomic E-state index is 11.8. The number of ether oxygens (including phenoxy) is 2. The number of hydrogen-bond donors (Lipinski definition) is 1. The molecule has 0 spiro atoms. The van der Waals surface area contributed by atoms with Crippen molar-refractivity contribution in [2.75, 3.05) is 19.0 Å². The van der Waals surface area contributed by atoms with Crippen molar-refractivity contribution in [2.24, 2.45) is 0 Å². The molecule has 0 aromatic heterocycles. The standard InChI is InChI=1S/C17H16BrNO4/c1-22-14-8-6-13(7-9-14)19-16(20)11-23-17(21)10-12-4-2-3-5-15(12)18/h2-9H,10-11H2,1H3,(H,19,20). The molecule has 0 saturated carbocycles. The van der Waals surface area contributed by atoms with Gasteiger partial charge in [0.2, 0.25) is 0 Å². The molecule has 0 saturated heterocycles. The van der Waals surface area contributed by atoms with E-state index in [-0.39, 0.29) is 13.0 Å². The van der Waals surface area contributed by atoms with Gasteiger partial charge in [0.1, 0.15) is 5.75 Å². The van der Waals surface area contributed by atoms with Crippen LogP contribution in [0, 0.1) is 0 Å². The Labute approximate surface area is 142 Å². The zero-order valence-electron chi connectivity index (χ0n) is 12.5. The van der Waals surface area contributed by atoms with Gasteiger partial charge < -0.3 is 14.8 Å². The third-order valence-electron chi connectivity index (χ3n) is 3.03. The van der Waals surface area contributed by atoms with E-state index in [1.807, 2.05) is 24.3 Å². The van der Waals surface area contributed by atoms with Gasteiger partial charge >= 0.3 is 5.97 Å². The largest absolute Gasteiger partial charge is 0.497 e. The monoisotopic (exact) mass is 377 g/mol. The highest BCUT2D eigenvalue weighted by Crippen LogP contribution is 2.17. The maximum Gasteiger partial charge on any atom is 0.310 e. The number of benzene rings is 2. The smallest absolute Gasteiger partial charge is 0.310 e. The summed E-state index contributed by atoms with van der Waals surface area (Å²) in [5.41, 5.74) is 1.42. The van der Waals surface area contributed by atoms with Crippen molar-refractivity contribution in [3.05, 3.63) is 58.6 Å². The summed E-state index contributed by atoms with van der Waals surface area (Å²) in [5, 5.41) is 2.64. The molecule has 0 bridgehead atoms. The number of methoxy groups -OCH3 is 1. The lowest BCUT2D eigenvalue weighted by Crippen LogP contribution is -2.21. The van der Waals surface area contributed by atoms with Crippen LogP contribution in [0.25, 0.3) is 0 Å². The summed E-state index contributed by atoms with van der Waals surface area (Å²) in [5.74, 6) is -0.153. The van der Waals surface area contributed by atoms with E-state index in [1.54, 1.807) is 31.4 Å². The highest BCUT2D eigenvalue weighted by Gasteiger charge is 2.10. The number of carbonyl (C=O) groups excluding carboxylic acids is 2. The molecule has 0 atom stereocenters. The van der Waals surface area contributed by atoms with E-state index in [4.69, 9.17) is 9.47 Å². The number of amides is 1. The van der Waals surface area contributed by atoms with E-state index in [0.717, 1.165) is 10.0 Å².